The van der Waals surface area contributed by atoms with Crippen molar-refractivity contribution in [2.75, 3.05) is 20.2 Å². The van der Waals surface area contributed by atoms with Gasteiger partial charge in [-0.25, -0.2) is 14.2 Å². The lowest BCUT2D eigenvalue weighted by molar-refractivity contribution is -0.172. The number of aromatic nitrogens is 2. The molecule has 0 radical (unpaired) electrons. The molecular formula is C27H28FN3O5. The summed E-state index contributed by atoms with van der Waals surface area (Å²) in [5.41, 5.74) is 3.32. The van der Waals surface area contributed by atoms with Crippen molar-refractivity contribution >= 4 is 16.9 Å². The van der Waals surface area contributed by atoms with Gasteiger partial charge in [0.2, 0.25) is 0 Å². The number of carbonyl (C=O) groups is 1. The average molecular weight is 494 g/mol. The van der Waals surface area contributed by atoms with E-state index >= 15 is 0 Å². The van der Waals surface area contributed by atoms with Gasteiger partial charge in [0.05, 0.1) is 35.6 Å². The molecule has 2 aliphatic heterocycles. The van der Waals surface area contributed by atoms with Crippen LogP contribution in [-0.2, 0) is 34.7 Å². The van der Waals surface area contributed by atoms with Gasteiger partial charge in [-0.1, -0.05) is 6.92 Å². The van der Waals surface area contributed by atoms with Crippen LogP contribution in [0.1, 0.15) is 59.2 Å². The van der Waals surface area contributed by atoms with Crippen molar-refractivity contribution in [2.24, 2.45) is 0 Å². The number of carbonyl (C=O) groups excluding carboxylic acids is 1. The molecule has 8 nitrogen and oxygen atoms in total. The maximum atomic E-state index is 14.9. The van der Waals surface area contributed by atoms with E-state index in [-0.39, 0.29) is 54.7 Å². The number of ether oxygens (including phenoxy) is 1. The Hall–Kier alpha value is -3.14. The lowest BCUT2D eigenvalue weighted by Gasteiger charge is -2.35. The molecule has 2 aromatic heterocycles. The van der Waals surface area contributed by atoms with Gasteiger partial charge in [0.15, 0.2) is 5.60 Å². The highest BCUT2D eigenvalue weighted by Crippen LogP contribution is 2.47. The fraction of sp³-hybridized carbons (Fsp3) is 0.444. The Labute approximate surface area is 206 Å². The quantitative estimate of drug-likeness (QED) is 0.421. The van der Waals surface area contributed by atoms with Crippen LogP contribution in [0.4, 0.5) is 4.39 Å². The summed E-state index contributed by atoms with van der Waals surface area (Å²) in [5.74, 6) is -1.09. The number of rotatable bonds is 4. The lowest BCUT2D eigenvalue weighted by atomic mass is 9.81. The van der Waals surface area contributed by atoms with Gasteiger partial charge in [0.1, 0.15) is 12.4 Å². The van der Waals surface area contributed by atoms with Gasteiger partial charge in [-0.3, -0.25) is 9.69 Å². The topological polar surface area (TPSA) is 105 Å². The first-order chi connectivity index (χ1) is 17.2. The van der Waals surface area contributed by atoms with Crippen molar-refractivity contribution < 1.29 is 24.1 Å². The zero-order valence-corrected chi connectivity index (χ0v) is 20.5. The van der Waals surface area contributed by atoms with Crippen LogP contribution >= 0.6 is 0 Å². The van der Waals surface area contributed by atoms with Crippen LogP contribution in [-0.4, -0.2) is 50.8 Å². The minimum Gasteiger partial charge on any atom is -0.458 e. The van der Waals surface area contributed by atoms with E-state index in [9.17, 15) is 24.2 Å². The summed E-state index contributed by atoms with van der Waals surface area (Å²) in [4.78, 5) is 33.0. The Kier molecular flexibility index (Phi) is 5.13. The number of esters is 1. The number of fused-ring (bicyclic) bond motifs is 5. The highest BCUT2D eigenvalue weighted by molar-refractivity contribution is 5.93. The Morgan fingerprint density at radius 1 is 1.28 bits per heavy atom. The number of hydrogen-bond acceptors (Lipinski definition) is 7. The summed E-state index contributed by atoms with van der Waals surface area (Å²) in [7, 11) is 1.96. The molecule has 0 unspecified atom stereocenters. The van der Waals surface area contributed by atoms with Crippen LogP contribution in [0.3, 0.4) is 0 Å². The van der Waals surface area contributed by atoms with Gasteiger partial charge in [0, 0.05) is 35.2 Å². The van der Waals surface area contributed by atoms with E-state index in [0.717, 1.165) is 28.5 Å². The van der Waals surface area contributed by atoms with Crippen molar-refractivity contribution in [1.29, 1.82) is 0 Å². The third-order valence-corrected chi connectivity index (χ3v) is 8.33. The molecule has 6 rings (SSSR count). The van der Waals surface area contributed by atoms with Gasteiger partial charge in [-0.2, -0.15) is 0 Å². The van der Waals surface area contributed by atoms with Crippen LogP contribution in [0.2, 0.25) is 0 Å². The summed E-state index contributed by atoms with van der Waals surface area (Å²) in [5, 5.41) is 21.7. The molecule has 4 heterocycles. The molecule has 2 atom stereocenters. The standard InChI is InChI=1S/C27H28FN3O5/c1-4-27(35)17-9-21-24-15(11-31(21)25(33)16(17)12-36-26(27)34)23-20(30(3)7-8-32)6-5-14-13(2)18(28)10-19(29-24)22(14)23/h9-10,20,32,35H,4-8,11-12H2,1-3H3/t20-,27-/m0/s1. The maximum Gasteiger partial charge on any atom is 0.343 e. The molecule has 3 aromatic rings. The molecule has 9 heteroatoms. The lowest BCUT2D eigenvalue weighted by Crippen LogP contribution is -2.44. The van der Waals surface area contributed by atoms with Gasteiger partial charge in [0.25, 0.3) is 5.56 Å². The zero-order chi connectivity index (χ0) is 25.5. The molecule has 0 bridgehead atoms. The number of pyridine rings is 2. The van der Waals surface area contributed by atoms with Crippen LogP contribution < -0.4 is 5.56 Å². The monoisotopic (exact) mass is 493 g/mol. The largest absolute Gasteiger partial charge is 0.458 e. The summed E-state index contributed by atoms with van der Waals surface area (Å²) < 4.78 is 21.7. The number of aliphatic hydroxyl groups is 2. The fourth-order valence-electron chi connectivity index (χ4n) is 6.28. The van der Waals surface area contributed by atoms with E-state index in [1.807, 2.05) is 7.05 Å². The van der Waals surface area contributed by atoms with Crippen molar-refractivity contribution in [2.45, 2.75) is 57.9 Å². The Balaban J connectivity index is 1.67. The van der Waals surface area contributed by atoms with Crippen LogP contribution in [0.25, 0.3) is 22.3 Å². The molecule has 3 aliphatic rings. The Morgan fingerprint density at radius 3 is 2.78 bits per heavy atom. The number of aryl methyl sites for hydroxylation is 1. The van der Waals surface area contributed by atoms with E-state index in [1.165, 1.54) is 6.07 Å². The number of likely N-dealkylation sites (N-methyl/N-ethyl adjacent to an activating group) is 1. The van der Waals surface area contributed by atoms with E-state index in [0.29, 0.717) is 35.4 Å². The number of hydrogen-bond donors (Lipinski definition) is 2. The van der Waals surface area contributed by atoms with Crippen LogP contribution in [0.5, 0.6) is 0 Å². The molecule has 2 N–H and O–H groups in total. The van der Waals surface area contributed by atoms with E-state index in [1.54, 1.807) is 24.5 Å². The predicted octanol–water partition coefficient (Wildman–Crippen LogP) is 2.44. The van der Waals surface area contributed by atoms with E-state index < -0.39 is 11.6 Å². The second-order valence-corrected chi connectivity index (χ2v) is 10.1. The highest BCUT2D eigenvalue weighted by Gasteiger charge is 2.46. The van der Waals surface area contributed by atoms with Crippen molar-refractivity contribution in [3.63, 3.8) is 0 Å². The molecule has 0 amide bonds. The van der Waals surface area contributed by atoms with E-state index in [4.69, 9.17) is 9.72 Å². The van der Waals surface area contributed by atoms with Gasteiger partial charge >= 0.3 is 5.97 Å². The molecule has 1 aliphatic carbocycles. The van der Waals surface area contributed by atoms with Crippen LogP contribution in [0, 0.1) is 12.7 Å². The van der Waals surface area contributed by atoms with Crippen molar-refractivity contribution in [1.82, 2.24) is 14.5 Å². The Morgan fingerprint density at radius 2 is 2.06 bits per heavy atom. The third kappa shape index (κ3) is 2.93. The molecule has 36 heavy (non-hydrogen) atoms. The number of halogens is 1. The van der Waals surface area contributed by atoms with Crippen LogP contribution in [0.15, 0.2) is 16.9 Å². The van der Waals surface area contributed by atoms with Crippen molar-refractivity contribution in [3.05, 3.63) is 61.7 Å². The zero-order valence-electron chi connectivity index (χ0n) is 20.5. The first-order valence-electron chi connectivity index (χ1n) is 12.3. The average Bonchev–Trinajstić information content (AvgIpc) is 3.24. The summed E-state index contributed by atoms with van der Waals surface area (Å²) in [6, 6.07) is 3.09. The molecule has 188 valence electrons. The summed E-state index contributed by atoms with van der Waals surface area (Å²) in [6.07, 6.45) is 1.50. The number of aliphatic hydroxyl groups excluding tert-OH is 1. The maximum absolute atomic E-state index is 14.9. The second kappa shape index (κ2) is 7.93. The SMILES string of the molecule is CC[C@@]1(O)C(=O)OCc2c1cc1n(c2=O)Cc2c-1nc1cc(F)c(C)c3c1c2[C@@H](N(C)CCO)CC3. The number of nitrogens with zero attached hydrogens (tertiary/aromatic N) is 3. The molecule has 0 saturated heterocycles. The summed E-state index contributed by atoms with van der Waals surface area (Å²) >= 11 is 0. The normalized spacial score (nSPS) is 22.0. The molecule has 1 aromatic carbocycles. The smallest absolute Gasteiger partial charge is 0.343 e. The van der Waals surface area contributed by atoms with Gasteiger partial charge in [-0.15, -0.1) is 0 Å². The van der Waals surface area contributed by atoms with Gasteiger partial charge in [-0.05, 0) is 56.0 Å². The highest BCUT2D eigenvalue weighted by atomic mass is 19.1. The Bertz CT molecular complexity index is 1530. The first-order valence-corrected chi connectivity index (χ1v) is 12.3. The minimum absolute atomic E-state index is 0.00868. The molecular weight excluding hydrogens is 465 g/mol. The van der Waals surface area contributed by atoms with E-state index in [2.05, 4.69) is 4.90 Å². The summed E-state index contributed by atoms with van der Waals surface area (Å²) in [6.45, 7) is 4.03. The molecule has 0 saturated carbocycles. The number of benzene rings is 1. The minimum atomic E-state index is -1.91. The third-order valence-electron chi connectivity index (χ3n) is 8.33. The molecule has 0 spiro atoms. The first kappa shape index (κ1) is 23.3. The molecule has 0 fully saturated rings. The predicted molar refractivity (Wildman–Crippen MR) is 130 cm³/mol. The van der Waals surface area contributed by atoms with Crippen molar-refractivity contribution in [3.8, 4) is 11.4 Å². The number of cyclic esters (lactones) is 1. The second-order valence-electron chi connectivity index (χ2n) is 10.1. The van der Waals surface area contributed by atoms with Gasteiger partial charge < -0.3 is 19.5 Å². The fourth-order valence-corrected chi connectivity index (χ4v) is 6.28.